The SMILES string of the molecule is COc1cccc(COCc2ccc(C(=O)NN)o2)c1. The maximum Gasteiger partial charge on any atom is 0.300 e. The predicted molar refractivity (Wildman–Crippen MR) is 71.8 cm³/mol. The fourth-order valence-electron chi connectivity index (χ4n) is 1.68. The number of carbonyl (C=O) groups excluding carboxylic acids is 1. The first-order valence-corrected chi connectivity index (χ1v) is 6.03. The third-order valence-corrected chi connectivity index (χ3v) is 2.66. The molecule has 2 aromatic rings. The molecule has 106 valence electrons. The fourth-order valence-corrected chi connectivity index (χ4v) is 1.68. The van der Waals surface area contributed by atoms with Gasteiger partial charge in [-0.1, -0.05) is 12.1 Å². The van der Waals surface area contributed by atoms with Crippen LogP contribution in [0.25, 0.3) is 0 Å². The molecule has 1 aromatic heterocycles. The Morgan fingerprint density at radius 3 is 2.90 bits per heavy atom. The van der Waals surface area contributed by atoms with Gasteiger partial charge < -0.3 is 13.9 Å². The standard InChI is InChI=1S/C14H16N2O4/c1-18-11-4-2-3-10(7-11)8-19-9-12-5-6-13(20-12)14(17)16-15/h2-7H,8-9,15H2,1H3,(H,16,17). The highest BCUT2D eigenvalue weighted by Crippen LogP contribution is 2.14. The van der Waals surface area contributed by atoms with E-state index in [1.807, 2.05) is 29.7 Å². The quantitative estimate of drug-likeness (QED) is 0.475. The van der Waals surface area contributed by atoms with Crippen molar-refractivity contribution in [2.24, 2.45) is 5.84 Å². The summed E-state index contributed by atoms with van der Waals surface area (Å²) < 4.78 is 15.9. The largest absolute Gasteiger partial charge is 0.497 e. The number of carbonyl (C=O) groups is 1. The van der Waals surface area contributed by atoms with E-state index < -0.39 is 5.91 Å². The molecule has 0 atom stereocenters. The predicted octanol–water partition coefficient (Wildman–Crippen LogP) is 1.61. The van der Waals surface area contributed by atoms with Crippen molar-refractivity contribution in [2.75, 3.05) is 7.11 Å². The van der Waals surface area contributed by atoms with Gasteiger partial charge in [0.1, 0.15) is 18.1 Å². The third kappa shape index (κ3) is 3.59. The van der Waals surface area contributed by atoms with Gasteiger partial charge in [0.15, 0.2) is 5.76 Å². The number of hydrogen-bond acceptors (Lipinski definition) is 5. The zero-order chi connectivity index (χ0) is 14.4. The highest BCUT2D eigenvalue weighted by atomic mass is 16.5. The lowest BCUT2D eigenvalue weighted by Crippen LogP contribution is -2.29. The first-order chi connectivity index (χ1) is 9.72. The van der Waals surface area contributed by atoms with Gasteiger partial charge in [-0.25, -0.2) is 5.84 Å². The van der Waals surface area contributed by atoms with Gasteiger partial charge in [-0.05, 0) is 29.8 Å². The van der Waals surface area contributed by atoms with E-state index in [0.717, 1.165) is 11.3 Å². The van der Waals surface area contributed by atoms with Crippen molar-refractivity contribution in [1.82, 2.24) is 5.43 Å². The third-order valence-electron chi connectivity index (χ3n) is 2.66. The van der Waals surface area contributed by atoms with Gasteiger partial charge in [-0.15, -0.1) is 0 Å². The van der Waals surface area contributed by atoms with E-state index in [0.29, 0.717) is 12.4 Å². The summed E-state index contributed by atoms with van der Waals surface area (Å²) in [5.41, 5.74) is 3.00. The summed E-state index contributed by atoms with van der Waals surface area (Å²) in [4.78, 5) is 11.2. The number of nitrogens with one attached hydrogen (secondary N) is 1. The van der Waals surface area contributed by atoms with Crippen molar-refractivity contribution in [3.05, 3.63) is 53.5 Å². The van der Waals surface area contributed by atoms with Gasteiger partial charge >= 0.3 is 5.91 Å². The average molecular weight is 276 g/mol. The average Bonchev–Trinajstić information content (AvgIpc) is 2.95. The molecule has 6 heteroatoms. The Labute approximate surface area is 116 Å². The molecule has 0 saturated carbocycles. The van der Waals surface area contributed by atoms with E-state index >= 15 is 0 Å². The number of hydrazine groups is 1. The summed E-state index contributed by atoms with van der Waals surface area (Å²) in [6.45, 7) is 0.700. The van der Waals surface area contributed by atoms with Crippen molar-refractivity contribution in [2.45, 2.75) is 13.2 Å². The molecule has 0 aliphatic heterocycles. The molecule has 1 heterocycles. The zero-order valence-electron chi connectivity index (χ0n) is 11.1. The second kappa shape index (κ2) is 6.74. The maximum absolute atomic E-state index is 11.2. The Kier molecular flexibility index (Phi) is 4.75. The molecule has 0 unspecified atom stereocenters. The van der Waals surface area contributed by atoms with Crippen LogP contribution in [0.2, 0.25) is 0 Å². The Bertz CT molecular complexity index is 580. The number of amides is 1. The van der Waals surface area contributed by atoms with Crippen LogP contribution < -0.4 is 16.0 Å². The Morgan fingerprint density at radius 1 is 1.30 bits per heavy atom. The molecule has 0 aliphatic rings. The van der Waals surface area contributed by atoms with Crippen LogP contribution >= 0.6 is 0 Å². The van der Waals surface area contributed by atoms with Crippen LogP contribution in [0.4, 0.5) is 0 Å². The summed E-state index contributed by atoms with van der Waals surface area (Å²) in [6, 6.07) is 10.8. The molecule has 0 saturated heterocycles. The molecule has 0 aliphatic carbocycles. The Balaban J connectivity index is 1.86. The van der Waals surface area contributed by atoms with Crippen molar-refractivity contribution < 1.29 is 18.7 Å². The molecule has 20 heavy (non-hydrogen) atoms. The van der Waals surface area contributed by atoms with Crippen LogP contribution in [-0.2, 0) is 18.0 Å². The number of rotatable bonds is 6. The van der Waals surface area contributed by atoms with Gasteiger partial charge in [0.2, 0.25) is 0 Å². The van der Waals surface area contributed by atoms with E-state index in [4.69, 9.17) is 19.7 Å². The molecule has 0 fully saturated rings. The molecule has 1 amide bonds. The van der Waals surface area contributed by atoms with Crippen LogP contribution in [0.15, 0.2) is 40.8 Å². The van der Waals surface area contributed by atoms with Gasteiger partial charge in [0, 0.05) is 0 Å². The van der Waals surface area contributed by atoms with Gasteiger partial charge in [0.25, 0.3) is 0 Å². The highest BCUT2D eigenvalue weighted by molar-refractivity contribution is 5.90. The summed E-state index contributed by atoms with van der Waals surface area (Å²) in [5, 5.41) is 0. The number of benzene rings is 1. The minimum Gasteiger partial charge on any atom is -0.497 e. The molecule has 0 spiro atoms. The Hall–Kier alpha value is -2.31. The second-order valence-corrected chi connectivity index (χ2v) is 4.08. The highest BCUT2D eigenvalue weighted by Gasteiger charge is 2.09. The summed E-state index contributed by atoms with van der Waals surface area (Å²) in [7, 11) is 1.62. The molecule has 6 nitrogen and oxygen atoms in total. The lowest BCUT2D eigenvalue weighted by Gasteiger charge is -2.05. The van der Waals surface area contributed by atoms with Crippen molar-refractivity contribution in [3.63, 3.8) is 0 Å². The topological polar surface area (TPSA) is 86.7 Å². The lowest BCUT2D eigenvalue weighted by molar-refractivity contribution is 0.0855. The monoisotopic (exact) mass is 276 g/mol. The van der Waals surface area contributed by atoms with Crippen molar-refractivity contribution in [1.29, 1.82) is 0 Å². The molecule has 1 aromatic carbocycles. The van der Waals surface area contributed by atoms with E-state index in [-0.39, 0.29) is 12.4 Å². The minimum atomic E-state index is -0.468. The molecule has 0 radical (unpaired) electrons. The number of ether oxygens (including phenoxy) is 2. The van der Waals surface area contributed by atoms with Gasteiger partial charge in [0.05, 0.1) is 13.7 Å². The van der Waals surface area contributed by atoms with Crippen LogP contribution in [-0.4, -0.2) is 13.0 Å². The first kappa shape index (κ1) is 14.1. The van der Waals surface area contributed by atoms with E-state index in [2.05, 4.69) is 0 Å². The summed E-state index contributed by atoms with van der Waals surface area (Å²) in [5.74, 6) is 6.05. The normalized spacial score (nSPS) is 10.3. The summed E-state index contributed by atoms with van der Waals surface area (Å²) >= 11 is 0. The summed E-state index contributed by atoms with van der Waals surface area (Å²) in [6.07, 6.45) is 0. The first-order valence-electron chi connectivity index (χ1n) is 6.03. The van der Waals surface area contributed by atoms with E-state index in [1.54, 1.807) is 19.2 Å². The van der Waals surface area contributed by atoms with Gasteiger partial charge in [-0.2, -0.15) is 0 Å². The Morgan fingerprint density at radius 2 is 2.15 bits per heavy atom. The number of nitrogens with two attached hydrogens (primary N) is 1. The lowest BCUT2D eigenvalue weighted by atomic mass is 10.2. The molecular weight excluding hydrogens is 260 g/mol. The molecule has 3 N–H and O–H groups in total. The number of methoxy groups -OCH3 is 1. The minimum absolute atomic E-state index is 0.160. The number of nitrogen functional groups attached to an aromatic ring is 1. The fraction of sp³-hybridized carbons (Fsp3) is 0.214. The van der Waals surface area contributed by atoms with Crippen LogP contribution in [0.3, 0.4) is 0 Å². The van der Waals surface area contributed by atoms with Crippen molar-refractivity contribution >= 4 is 5.91 Å². The van der Waals surface area contributed by atoms with Crippen LogP contribution in [0.5, 0.6) is 5.75 Å². The van der Waals surface area contributed by atoms with Gasteiger partial charge in [-0.3, -0.25) is 10.2 Å². The smallest absolute Gasteiger partial charge is 0.300 e. The van der Waals surface area contributed by atoms with Crippen molar-refractivity contribution in [3.8, 4) is 5.75 Å². The van der Waals surface area contributed by atoms with E-state index in [1.165, 1.54) is 0 Å². The maximum atomic E-state index is 11.2. The zero-order valence-corrected chi connectivity index (χ0v) is 11.1. The second-order valence-electron chi connectivity index (χ2n) is 4.08. The van der Waals surface area contributed by atoms with Crippen LogP contribution in [0.1, 0.15) is 21.9 Å². The number of hydrogen-bond donors (Lipinski definition) is 2. The molecular formula is C14H16N2O4. The van der Waals surface area contributed by atoms with Crippen LogP contribution in [0, 0.1) is 0 Å². The van der Waals surface area contributed by atoms with E-state index in [9.17, 15) is 4.79 Å². The molecule has 0 bridgehead atoms. The number of furan rings is 1. The molecule has 2 rings (SSSR count).